The SMILES string of the molecule is COC(=O)NC(C(=O)Nc1cccc(F)c1CCC1CNC2CCCS(=O)(=O)N1C2)C(c1ccc(F)cc1)C1CC(OC)C1. The highest BCUT2D eigenvalue weighted by molar-refractivity contribution is 7.89. The number of hydrogen-bond donors (Lipinski definition) is 3. The highest BCUT2D eigenvalue weighted by atomic mass is 32.2. The van der Waals surface area contributed by atoms with E-state index in [4.69, 9.17) is 9.47 Å². The average Bonchev–Trinajstić information content (AvgIpc) is 3.09. The van der Waals surface area contributed by atoms with Crippen molar-refractivity contribution in [2.45, 2.75) is 68.7 Å². The second-order valence-electron chi connectivity index (χ2n) is 11.9. The van der Waals surface area contributed by atoms with E-state index in [2.05, 4.69) is 16.0 Å². The van der Waals surface area contributed by atoms with Gasteiger partial charge in [0.1, 0.15) is 17.7 Å². The summed E-state index contributed by atoms with van der Waals surface area (Å²) in [5.41, 5.74) is 1.13. The van der Waals surface area contributed by atoms with Gasteiger partial charge in [0.05, 0.1) is 19.0 Å². The van der Waals surface area contributed by atoms with E-state index in [1.807, 2.05) is 0 Å². The smallest absolute Gasteiger partial charge is 0.407 e. The Bertz CT molecular complexity index is 1440. The largest absolute Gasteiger partial charge is 0.453 e. The minimum Gasteiger partial charge on any atom is -0.453 e. The molecule has 0 spiro atoms. The number of fused-ring (bicyclic) bond motifs is 2. The number of rotatable bonds is 10. The van der Waals surface area contributed by atoms with Crippen LogP contribution < -0.4 is 16.0 Å². The molecular formula is C31H40F2N4O6S. The highest BCUT2D eigenvalue weighted by Gasteiger charge is 2.43. The van der Waals surface area contributed by atoms with Crippen molar-refractivity contribution in [2.24, 2.45) is 5.92 Å². The fourth-order valence-electron chi connectivity index (χ4n) is 6.71. The Hall–Kier alpha value is -3.13. The monoisotopic (exact) mass is 634 g/mol. The molecule has 1 saturated carbocycles. The fourth-order valence-corrected chi connectivity index (χ4v) is 8.52. The van der Waals surface area contributed by atoms with Gasteiger partial charge in [-0.3, -0.25) is 4.79 Å². The van der Waals surface area contributed by atoms with E-state index in [0.29, 0.717) is 44.3 Å². The Labute approximate surface area is 256 Å². The number of amides is 2. The molecule has 5 rings (SSSR count). The predicted molar refractivity (Wildman–Crippen MR) is 161 cm³/mol. The second-order valence-corrected chi connectivity index (χ2v) is 13.9. The van der Waals surface area contributed by atoms with Gasteiger partial charge in [-0.15, -0.1) is 0 Å². The van der Waals surface area contributed by atoms with Crippen LogP contribution in [0.25, 0.3) is 0 Å². The van der Waals surface area contributed by atoms with Gasteiger partial charge in [-0.2, -0.15) is 4.31 Å². The van der Waals surface area contributed by atoms with Crippen molar-refractivity contribution < 1.29 is 36.3 Å². The first-order valence-corrected chi connectivity index (χ1v) is 16.6. The summed E-state index contributed by atoms with van der Waals surface area (Å²) in [5.74, 6) is -2.07. The summed E-state index contributed by atoms with van der Waals surface area (Å²) in [4.78, 5) is 26.4. The van der Waals surface area contributed by atoms with Gasteiger partial charge in [-0.05, 0) is 74.3 Å². The van der Waals surface area contributed by atoms with Crippen LogP contribution in [0.4, 0.5) is 19.3 Å². The molecule has 0 radical (unpaired) electrons. The van der Waals surface area contributed by atoms with Crippen LogP contribution in [-0.2, 0) is 30.7 Å². The molecule has 13 heteroatoms. The van der Waals surface area contributed by atoms with E-state index in [-0.39, 0.29) is 47.5 Å². The third kappa shape index (κ3) is 7.22. The van der Waals surface area contributed by atoms with Gasteiger partial charge in [-0.25, -0.2) is 22.0 Å². The lowest BCUT2D eigenvalue weighted by atomic mass is 9.68. The van der Waals surface area contributed by atoms with E-state index >= 15 is 4.39 Å². The molecule has 2 aromatic carbocycles. The number of nitrogens with one attached hydrogen (secondary N) is 3. The van der Waals surface area contributed by atoms with Crippen LogP contribution in [0.5, 0.6) is 0 Å². The number of sulfonamides is 1. The molecule has 2 bridgehead atoms. The summed E-state index contributed by atoms with van der Waals surface area (Å²) in [5, 5.41) is 8.90. The van der Waals surface area contributed by atoms with Crippen LogP contribution in [0.1, 0.15) is 49.1 Å². The number of nitrogens with zero attached hydrogens (tertiary/aromatic N) is 1. The lowest BCUT2D eigenvalue weighted by Gasteiger charge is -2.42. The molecule has 2 amide bonds. The van der Waals surface area contributed by atoms with Gasteiger partial charge in [0.2, 0.25) is 15.9 Å². The Morgan fingerprint density at radius 3 is 2.57 bits per heavy atom. The summed E-state index contributed by atoms with van der Waals surface area (Å²) in [6.45, 7) is 0.860. The number of ether oxygens (including phenoxy) is 2. The van der Waals surface area contributed by atoms with Crippen molar-refractivity contribution in [3.63, 3.8) is 0 Å². The summed E-state index contributed by atoms with van der Waals surface area (Å²) >= 11 is 0. The maximum Gasteiger partial charge on any atom is 0.407 e. The molecule has 3 aliphatic rings. The third-order valence-corrected chi connectivity index (χ3v) is 11.2. The number of halogens is 2. The van der Waals surface area contributed by atoms with Crippen molar-refractivity contribution in [3.8, 4) is 0 Å². The minimum atomic E-state index is -3.41. The van der Waals surface area contributed by atoms with Gasteiger partial charge >= 0.3 is 6.09 Å². The van der Waals surface area contributed by atoms with E-state index < -0.39 is 45.6 Å². The number of anilines is 1. The molecule has 2 heterocycles. The molecule has 2 aliphatic heterocycles. The normalized spacial score (nSPS) is 27.2. The van der Waals surface area contributed by atoms with Crippen molar-refractivity contribution in [3.05, 3.63) is 65.2 Å². The molecule has 3 fully saturated rings. The van der Waals surface area contributed by atoms with Crippen LogP contribution >= 0.6 is 0 Å². The Balaban J connectivity index is 1.39. The first-order valence-electron chi connectivity index (χ1n) is 15.0. The molecule has 1 aliphatic carbocycles. The Kier molecular flexibility index (Phi) is 10.2. The molecule has 2 saturated heterocycles. The molecule has 44 heavy (non-hydrogen) atoms. The molecule has 2 aromatic rings. The van der Waals surface area contributed by atoms with Gasteiger partial charge in [0, 0.05) is 49.5 Å². The summed E-state index contributed by atoms with van der Waals surface area (Å²) < 4.78 is 66.8. The molecular weight excluding hydrogens is 594 g/mol. The lowest BCUT2D eigenvalue weighted by molar-refractivity contribution is -0.119. The minimum absolute atomic E-state index is 0.00261. The number of carbonyl (C=O) groups is 2. The summed E-state index contributed by atoms with van der Waals surface area (Å²) in [6.07, 6.45) is 2.36. The molecule has 3 N–H and O–H groups in total. The van der Waals surface area contributed by atoms with Crippen molar-refractivity contribution in [1.82, 2.24) is 14.9 Å². The van der Waals surface area contributed by atoms with Crippen molar-refractivity contribution in [1.29, 1.82) is 0 Å². The zero-order chi connectivity index (χ0) is 31.4. The highest BCUT2D eigenvalue weighted by Crippen LogP contribution is 2.43. The zero-order valence-electron chi connectivity index (χ0n) is 24.9. The fraction of sp³-hybridized carbons (Fsp3) is 0.548. The van der Waals surface area contributed by atoms with Gasteiger partial charge < -0.3 is 25.4 Å². The van der Waals surface area contributed by atoms with Crippen LogP contribution in [-0.4, -0.2) is 82.0 Å². The maximum atomic E-state index is 15.3. The van der Waals surface area contributed by atoms with Crippen LogP contribution in [0, 0.1) is 17.6 Å². The number of piperazine rings is 1. The third-order valence-electron chi connectivity index (χ3n) is 9.19. The van der Waals surface area contributed by atoms with E-state index in [9.17, 15) is 22.4 Å². The summed E-state index contributed by atoms with van der Waals surface area (Å²) in [6, 6.07) is 8.78. The molecule has 5 unspecified atom stereocenters. The maximum absolute atomic E-state index is 15.3. The zero-order valence-corrected chi connectivity index (χ0v) is 25.7. The average molecular weight is 635 g/mol. The molecule has 10 nitrogen and oxygen atoms in total. The first kappa shape index (κ1) is 32.3. The van der Waals surface area contributed by atoms with Gasteiger partial charge in [-0.1, -0.05) is 18.2 Å². The lowest BCUT2D eigenvalue weighted by Crippen LogP contribution is -2.57. The van der Waals surface area contributed by atoms with Crippen molar-refractivity contribution in [2.75, 3.05) is 38.4 Å². The molecule has 0 aromatic heterocycles. The number of carbonyl (C=O) groups excluding carboxylic acids is 2. The quantitative estimate of drug-likeness (QED) is 0.365. The van der Waals surface area contributed by atoms with Crippen LogP contribution in [0.3, 0.4) is 0 Å². The number of alkyl carbamates (subject to hydrolysis) is 1. The van der Waals surface area contributed by atoms with Gasteiger partial charge in [0.25, 0.3) is 0 Å². The standard InChI is InChI=1S/C31H40F2N4O6S/c1-42-24-15-20(16-24)28(19-8-10-21(32)11-9-19)29(36-31(39)43-2)30(38)35-27-7-3-6-26(33)25(27)13-12-23-17-34-22-5-4-14-44(40,41)37(23)18-22/h3,6-11,20,22-24,28-29,34H,4-5,12-18H2,1-2H3,(H,35,38)(H,36,39). The Morgan fingerprint density at radius 2 is 1.86 bits per heavy atom. The number of methoxy groups -OCH3 is 2. The van der Waals surface area contributed by atoms with Crippen molar-refractivity contribution >= 4 is 27.7 Å². The van der Waals surface area contributed by atoms with Crippen LogP contribution in [0.15, 0.2) is 42.5 Å². The number of benzene rings is 2. The van der Waals surface area contributed by atoms with E-state index in [0.717, 1.165) is 6.42 Å². The van der Waals surface area contributed by atoms with E-state index in [1.54, 1.807) is 29.6 Å². The van der Waals surface area contributed by atoms with Gasteiger partial charge in [0.15, 0.2) is 0 Å². The number of hydrogen-bond acceptors (Lipinski definition) is 7. The first-order chi connectivity index (χ1) is 21.1. The Morgan fingerprint density at radius 1 is 1.11 bits per heavy atom. The molecule has 240 valence electrons. The molecule has 5 atom stereocenters. The second kappa shape index (κ2) is 13.9. The van der Waals surface area contributed by atoms with Crippen LogP contribution in [0.2, 0.25) is 0 Å². The topological polar surface area (TPSA) is 126 Å². The summed E-state index contributed by atoms with van der Waals surface area (Å²) in [7, 11) is -0.610. The predicted octanol–water partition coefficient (Wildman–Crippen LogP) is 3.54. The van der Waals surface area contributed by atoms with E-state index in [1.165, 1.54) is 31.4 Å².